The Morgan fingerprint density at radius 3 is 2.94 bits per heavy atom. The number of carboxylic acids is 1. The lowest BCUT2D eigenvalue weighted by molar-refractivity contribution is -0.138. The highest BCUT2D eigenvalue weighted by Crippen LogP contribution is 2.24. The predicted molar refractivity (Wildman–Crippen MR) is 64.7 cm³/mol. The number of halogens is 1. The van der Waals surface area contributed by atoms with Gasteiger partial charge in [0.1, 0.15) is 6.26 Å². The standard InChI is InChI=1S/C12H10BrNO3/c13-10-3-1-2-9(5-10)11(12(15)16)4-8-6-14-17-7-8/h1-3,5-7,11H,4H2,(H,15,16). The summed E-state index contributed by atoms with van der Waals surface area (Å²) in [6, 6.07) is 7.30. The summed E-state index contributed by atoms with van der Waals surface area (Å²) < 4.78 is 5.57. The molecule has 0 aliphatic carbocycles. The second-order valence-corrected chi connectivity index (χ2v) is 4.60. The monoisotopic (exact) mass is 295 g/mol. The Morgan fingerprint density at radius 2 is 2.35 bits per heavy atom. The van der Waals surface area contributed by atoms with Crippen molar-refractivity contribution in [3.05, 3.63) is 52.3 Å². The van der Waals surface area contributed by atoms with Gasteiger partial charge >= 0.3 is 5.97 Å². The number of carbonyl (C=O) groups is 1. The maximum Gasteiger partial charge on any atom is 0.311 e. The number of aromatic nitrogens is 1. The smallest absolute Gasteiger partial charge is 0.311 e. The number of hydrogen-bond donors (Lipinski definition) is 1. The molecule has 0 saturated heterocycles. The van der Waals surface area contributed by atoms with Crippen LogP contribution in [0.5, 0.6) is 0 Å². The van der Waals surface area contributed by atoms with Crippen LogP contribution in [0.3, 0.4) is 0 Å². The molecule has 0 aliphatic heterocycles. The first kappa shape index (κ1) is 11.9. The van der Waals surface area contributed by atoms with Crippen molar-refractivity contribution in [3.63, 3.8) is 0 Å². The van der Waals surface area contributed by atoms with E-state index in [0.717, 1.165) is 15.6 Å². The summed E-state index contributed by atoms with van der Waals surface area (Å²) in [6.07, 6.45) is 3.37. The Bertz CT molecular complexity index is 510. The van der Waals surface area contributed by atoms with Gasteiger partial charge in [-0.05, 0) is 24.1 Å². The fraction of sp³-hybridized carbons (Fsp3) is 0.167. The van der Waals surface area contributed by atoms with Crippen LogP contribution in [-0.2, 0) is 11.2 Å². The van der Waals surface area contributed by atoms with Crippen LogP contribution in [0.1, 0.15) is 17.0 Å². The molecule has 1 N–H and O–H groups in total. The molecule has 0 spiro atoms. The maximum absolute atomic E-state index is 11.3. The van der Waals surface area contributed by atoms with Crippen LogP contribution < -0.4 is 0 Å². The third kappa shape index (κ3) is 2.94. The van der Waals surface area contributed by atoms with Crippen LogP contribution in [0, 0.1) is 0 Å². The normalized spacial score (nSPS) is 12.3. The van der Waals surface area contributed by atoms with E-state index in [1.807, 2.05) is 18.2 Å². The van der Waals surface area contributed by atoms with E-state index < -0.39 is 11.9 Å². The fourth-order valence-corrected chi connectivity index (χ4v) is 2.05. The van der Waals surface area contributed by atoms with Crippen LogP contribution in [0.25, 0.3) is 0 Å². The van der Waals surface area contributed by atoms with E-state index in [-0.39, 0.29) is 0 Å². The maximum atomic E-state index is 11.3. The summed E-state index contributed by atoms with van der Waals surface area (Å²) in [7, 11) is 0. The van der Waals surface area contributed by atoms with Crippen LogP contribution in [0.15, 0.2) is 45.7 Å². The first-order chi connectivity index (χ1) is 8.16. The molecule has 2 aromatic rings. The third-order valence-corrected chi connectivity index (χ3v) is 2.97. The number of benzene rings is 1. The lowest BCUT2D eigenvalue weighted by Crippen LogP contribution is -2.14. The van der Waals surface area contributed by atoms with Crippen LogP contribution in [0.2, 0.25) is 0 Å². The molecule has 1 unspecified atom stereocenters. The van der Waals surface area contributed by atoms with Crippen molar-refractivity contribution in [2.24, 2.45) is 0 Å². The number of aliphatic carboxylic acids is 1. The Labute approximate surface area is 106 Å². The third-order valence-electron chi connectivity index (χ3n) is 2.47. The number of rotatable bonds is 4. The topological polar surface area (TPSA) is 63.3 Å². The van der Waals surface area contributed by atoms with Crippen molar-refractivity contribution in [2.75, 3.05) is 0 Å². The molecule has 0 saturated carbocycles. The van der Waals surface area contributed by atoms with Crippen molar-refractivity contribution >= 4 is 21.9 Å². The highest BCUT2D eigenvalue weighted by atomic mass is 79.9. The molecular formula is C12H10BrNO3. The Morgan fingerprint density at radius 1 is 1.53 bits per heavy atom. The quantitative estimate of drug-likeness (QED) is 0.942. The molecular weight excluding hydrogens is 286 g/mol. The second kappa shape index (κ2) is 5.14. The Balaban J connectivity index is 2.26. The predicted octanol–water partition coefficient (Wildman–Crippen LogP) is 2.85. The van der Waals surface area contributed by atoms with Gasteiger partial charge in [-0.1, -0.05) is 33.2 Å². The molecule has 1 atom stereocenters. The summed E-state index contributed by atoms with van der Waals surface area (Å²) in [4.78, 5) is 11.3. The van der Waals surface area contributed by atoms with Crippen LogP contribution >= 0.6 is 15.9 Å². The molecule has 88 valence electrons. The number of hydrogen-bond acceptors (Lipinski definition) is 3. The molecule has 1 aromatic heterocycles. The summed E-state index contributed by atoms with van der Waals surface area (Å²) in [5, 5.41) is 12.8. The molecule has 1 heterocycles. The summed E-state index contributed by atoms with van der Waals surface area (Å²) in [5.74, 6) is -1.45. The zero-order valence-corrected chi connectivity index (χ0v) is 10.4. The van der Waals surface area contributed by atoms with Gasteiger partial charge in [0.2, 0.25) is 0 Å². The van der Waals surface area contributed by atoms with Crippen LogP contribution in [0.4, 0.5) is 0 Å². The molecule has 0 fully saturated rings. The van der Waals surface area contributed by atoms with E-state index in [1.165, 1.54) is 12.5 Å². The molecule has 0 radical (unpaired) electrons. The van der Waals surface area contributed by atoms with E-state index in [9.17, 15) is 9.90 Å². The first-order valence-electron chi connectivity index (χ1n) is 5.03. The fourth-order valence-electron chi connectivity index (χ4n) is 1.63. The number of carboxylic acid groups (broad SMARTS) is 1. The lowest BCUT2D eigenvalue weighted by atomic mass is 9.93. The average Bonchev–Trinajstić information content (AvgIpc) is 2.78. The van der Waals surface area contributed by atoms with Crippen molar-refractivity contribution < 1.29 is 14.4 Å². The summed E-state index contributed by atoms with van der Waals surface area (Å²) in [5.41, 5.74) is 1.53. The summed E-state index contributed by atoms with van der Waals surface area (Å²) >= 11 is 3.33. The van der Waals surface area contributed by atoms with Gasteiger partial charge in [0, 0.05) is 10.0 Å². The minimum absolute atomic E-state index is 0.370. The van der Waals surface area contributed by atoms with Gasteiger partial charge in [-0.3, -0.25) is 4.79 Å². The Hall–Kier alpha value is -1.62. The second-order valence-electron chi connectivity index (χ2n) is 3.68. The number of nitrogens with zero attached hydrogens (tertiary/aromatic N) is 1. The molecule has 2 rings (SSSR count). The largest absolute Gasteiger partial charge is 0.481 e. The lowest BCUT2D eigenvalue weighted by Gasteiger charge is -2.11. The van der Waals surface area contributed by atoms with Crippen molar-refractivity contribution in [2.45, 2.75) is 12.3 Å². The van der Waals surface area contributed by atoms with Crippen molar-refractivity contribution in [1.82, 2.24) is 5.16 Å². The molecule has 0 aliphatic rings. The van der Waals surface area contributed by atoms with E-state index in [0.29, 0.717) is 6.42 Å². The molecule has 0 amide bonds. The zero-order valence-electron chi connectivity index (χ0n) is 8.84. The average molecular weight is 296 g/mol. The van der Waals surface area contributed by atoms with Crippen molar-refractivity contribution in [1.29, 1.82) is 0 Å². The minimum atomic E-state index is -0.857. The van der Waals surface area contributed by atoms with E-state index >= 15 is 0 Å². The highest BCUT2D eigenvalue weighted by molar-refractivity contribution is 9.10. The van der Waals surface area contributed by atoms with Gasteiger partial charge in [-0.15, -0.1) is 0 Å². The van der Waals surface area contributed by atoms with Gasteiger partial charge in [0.15, 0.2) is 0 Å². The highest BCUT2D eigenvalue weighted by Gasteiger charge is 2.21. The SMILES string of the molecule is O=C(O)C(Cc1cnoc1)c1cccc(Br)c1. The van der Waals surface area contributed by atoms with E-state index in [2.05, 4.69) is 21.1 Å². The van der Waals surface area contributed by atoms with Gasteiger partial charge in [0.05, 0.1) is 12.1 Å². The van der Waals surface area contributed by atoms with Crippen molar-refractivity contribution in [3.8, 4) is 0 Å². The van der Waals surface area contributed by atoms with Gasteiger partial charge in [-0.2, -0.15) is 0 Å². The van der Waals surface area contributed by atoms with Gasteiger partial charge in [0.25, 0.3) is 0 Å². The Kier molecular flexibility index (Phi) is 3.58. The van der Waals surface area contributed by atoms with Gasteiger partial charge in [-0.25, -0.2) is 0 Å². The van der Waals surface area contributed by atoms with Crippen LogP contribution in [-0.4, -0.2) is 16.2 Å². The van der Waals surface area contributed by atoms with E-state index in [4.69, 9.17) is 4.52 Å². The molecule has 1 aromatic carbocycles. The molecule has 5 heteroatoms. The molecule has 4 nitrogen and oxygen atoms in total. The summed E-state index contributed by atoms with van der Waals surface area (Å²) in [6.45, 7) is 0. The molecule has 17 heavy (non-hydrogen) atoms. The first-order valence-corrected chi connectivity index (χ1v) is 5.82. The zero-order chi connectivity index (χ0) is 12.3. The minimum Gasteiger partial charge on any atom is -0.481 e. The van der Waals surface area contributed by atoms with E-state index in [1.54, 1.807) is 6.07 Å². The van der Waals surface area contributed by atoms with Gasteiger partial charge < -0.3 is 9.63 Å². The molecule has 0 bridgehead atoms.